The first-order valence-corrected chi connectivity index (χ1v) is 9.56. The topological polar surface area (TPSA) is 108 Å². The molecule has 3 aromatic carbocycles. The number of carbonyl (C=O) groups is 2. The quantitative estimate of drug-likeness (QED) is 0.195. The highest BCUT2D eigenvalue weighted by Gasteiger charge is 2.27. The number of hydrogen-bond donors (Lipinski definition) is 0. The predicted octanol–water partition coefficient (Wildman–Crippen LogP) is 4.47. The van der Waals surface area contributed by atoms with E-state index in [0.717, 1.165) is 0 Å². The standard InChI is InChI=1S/C24H16N2O6/c1-15-19(11-6-12-21(15)26(29)30)22-25-20(24(28)32-22)14-16-7-5-10-18(13-16)31-23(27)17-8-3-2-4-9-17/h2-14H,1H3/b20-14-. The van der Waals surface area contributed by atoms with Crippen LogP contribution in [-0.2, 0) is 9.53 Å². The van der Waals surface area contributed by atoms with E-state index >= 15 is 0 Å². The van der Waals surface area contributed by atoms with Crippen LogP contribution in [0.15, 0.2) is 83.5 Å². The van der Waals surface area contributed by atoms with Gasteiger partial charge >= 0.3 is 11.9 Å². The highest BCUT2D eigenvalue weighted by atomic mass is 16.6. The molecule has 0 fully saturated rings. The number of nitro groups is 1. The largest absolute Gasteiger partial charge is 0.423 e. The molecular weight excluding hydrogens is 412 g/mol. The number of nitro benzene ring substituents is 1. The van der Waals surface area contributed by atoms with E-state index in [2.05, 4.69) is 4.99 Å². The molecule has 0 spiro atoms. The molecule has 1 aliphatic rings. The summed E-state index contributed by atoms with van der Waals surface area (Å²) in [6.45, 7) is 1.57. The molecule has 0 amide bonds. The molecule has 0 aromatic heterocycles. The molecule has 0 aliphatic carbocycles. The van der Waals surface area contributed by atoms with Crippen molar-refractivity contribution in [3.63, 3.8) is 0 Å². The van der Waals surface area contributed by atoms with Crippen LogP contribution in [0.1, 0.15) is 27.0 Å². The van der Waals surface area contributed by atoms with Gasteiger partial charge in [-0.1, -0.05) is 36.4 Å². The molecule has 158 valence electrons. The lowest BCUT2D eigenvalue weighted by molar-refractivity contribution is -0.385. The predicted molar refractivity (Wildman–Crippen MR) is 116 cm³/mol. The summed E-state index contributed by atoms with van der Waals surface area (Å²) >= 11 is 0. The van der Waals surface area contributed by atoms with E-state index in [9.17, 15) is 19.7 Å². The summed E-state index contributed by atoms with van der Waals surface area (Å²) in [6, 6.07) is 19.6. The summed E-state index contributed by atoms with van der Waals surface area (Å²) < 4.78 is 10.6. The third kappa shape index (κ3) is 4.29. The molecule has 0 saturated carbocycles. The van der Waals surface area contributed by atoms with E-state index in [1.54, 1.807) is 67.6 Å². The number of carbonyl (C=O) groups excluding carboxylic acids is 2. The Morgan fingerprint density at radius 3 is 2.56 bits per heavy atom. The van der Waals surface area contributed by atoms with Crippen LogP contribution in [-0.4, -0.2) is 22.8 Å². The maximum atomic E-state index is 12.3. The van der Waals surface area contributed by atoms with Crippen LogP contribution in [0.3, 0.4) is 0 Å². The highest BCUT2D eigenvalue weighted by molar-refractivity contribution is 6.13. The van der Waals surface area contributed by atoms with Gasteiger partial charge in [-0.2, -0.15) is 0 Å². The third-order valence-electron chi connectivity index (χ3n) is 4.73. The Labute approximate surface area is 182 Å². The van der Waals surface area contributed by atoms with Crippen molar-refractivity contribution >= 4 is 29.6 Å². The summed E-state index contributed by atoms with van der Waals surface area (Å²) in [5.41, 5.74) is 1.62. The van der Waals surface area contributed by atoms with E-state index in [0.29, 0.717) is 28.0 Å². The fourth-order valence-corrected chi connectivity index (χ4v) is 3.14. The number of ether oxygens (including phenoxy) is 2. The van der Waals surface area contributed by atoms with Gasteiger partial charge in [0.1, 0.15) is 5.75 Å². The van der Waals surface area contributed by atoms with Crippen molar-refractivity contribution in [1.29, 1.82) is 0 Å². The van der Waals surface area contributed by atoms with Crippen LogP contribution >= 0.6 is 0 Å². The molecule has 0 atom stereocenters. The minimum absolute atomic E-state index is 0.00545. The second-order valence-corrected chi connectivity index (χ2v) is 6.87. The smallest absolute Gasteiger partial charge is 0.363 e. The first-order valence-electron chi connectivity index (χ1n) is 9.56. The summed E-state index contributed by atoms with van der Waals surface area (Å²) in [4.78, 5) is 39.4. The molecular formula is C24H16N2O6. The Morgan fingerprint density at radius 2 is 1.81 bits per heavy atom. The van der Waals surface area contributed by atoms with Gasteiger partial charge < -0.3 is 9.47 Å². The van der Waals surface area contributed by atoms with Crippen molar-refractivity contribution in [2.45, 2.75) is 6.92 Å². The Morgan fingerprint density at radius 1 is 1.06 bits per heavy atom. The van der Waals surface area contributed by atoms with Crippen LogP contribution < -0.4 is 4.74 Å². The average molecular weight is 428 g/mol. The van der Waals surface area contributed by atoms with Gasteiger partial charge in [0.05, 0.1) is 10.5 Å². The van der Waals surface area contributed by atoms with Gasteiger partial charge in [-0.15, -0.1) is 0 Å². The van der Waals surface area contributed by atoms with Crippen molar-refractivity contribution in [2.75, 3.05) is 0 Å². The normalized spacial score (nSPS) is 14.1. The number of aliphatic imine (C=N–C) groups is 1. The lowest BCUT2D eigenvalue weighted by atomic mass is 10.1. The summed E-state index contributed by atoms with van der Waals surface area (Å²) in [7, 11) is 0. The molecule has 0 N–H and O–H groups in total. The fraction of sp³-hybridized carbons (Fsp3) is 0.0417. The fourth-order valence-electron chi connectivity index (χ4n) is 3.14. The van der Waals surface area contributed by atoms with Gasteiger partial charge in [0, 0.05) is 17.2 Å². The molecule has 1 aliphatic heterocycles. The maximum absolute atomic E-state index is 12.3. The summed E-state index contributed by atoms with van der Waals surface area (Å²) in [5.74, 6) is -0.887. The zero-order chi connectivity index (χ0) is 22.7. The Kier molecular flexibility index (Phi) is 5.59. The summed E-state index contributed by atoms with van der Waals surface area (Å²) in [5, 5.41) is 11.2. The average Bonchev–Trinajstić information content (AvgIpc) is 3.14. The van der Waals surface area contributed by atoms with Crippen LogP contribution in [0.25, 0.3) is 6.08 Å². The molecule has 3 aromatic rings. The number of rotatable bonds is 5. The maximum Gasteiger partial charge on any atom is 0.363 e. The SMILES string of the molecule is Cc1c(C2=N/C(=C\c3cccc(OC(=O)c4ccccc4)c3)C(=O)O2)cccc1[N+](=O)[O-]. The molecule has 4 rings (SSSR count). The second kappa shape index (κ2) is 8.65. The van der Waals surface area contributed by atoms with Crippen molar-refractivity contribution in [1.82, 2.24) is 0 Å². The third-order valence-corrected chi connectivity index (χ3v) is 4.73. The van der Waals surface area contributed by atoms with Gasteiger partial charge in [0.15, 0.2) is 5.70 Å². The van der Waals surface area contributed by atoms with E-state index in [1.165, 1.54) is 18.2 Å². The minimum Gasteiger partial charge on any atom is -0.423 e. The van der Waals surface area contributed by atoms with Crippen molar-refractivity contribution in [2.24, 2.45) is 4.99 Å². The molecule has 0 saturated heterocycles. The Hall–Kier alpha value is -4.59. The lowest BCUT2D eigenvalue weighted by Gasteiger charge is -2.05. The lowest BCUT2D eigenvalue weighted by Crippen LogP contribution is -2.08. The van der Waals surface area contributed by atoms with Crippen LogP contribution in [0.5, 0.6) is 5.75 Å². The van der Waals surface area contributed by atoms with Crippen LogP contribution in [0.2, 0.25) is 0 Å². The number of benzene rings is 3. The molecule has 0 bridgehead atoms. The van der Waals surface area contributed by atoms with Crippen LogP contribution in [0, 0.1) is 17.0 Å². The molecule has 8 nitrogen and oxygen atoms in total. The van der Waals surface area contributed by atoms with Crippen molar-refractivity contribution < 1.29 is 24.0 Å². The van der Waals surface area contributed by atoms with Gasteiger partial charge in [0.2, 0.25) is 5.90 Å². The van der Waals surface area contributed by atoms with E-state index in [-0.39, 0.29) is 17.3 Å². The molecule has 0 radical (unpaired) electrons. The minimum atomic E-state index is -0.683. The zero-order valence-electron chi connectivity index (χ0n) is 16.8. The number of hydrogen-bond acceptors (Lipinski definition) is 7. The summed E-state index contributed by atoms with van der Waals surface area (Å²) in [6.07, 6.45) is 1.49. The molecule has 32 heavy (non-hydrogen) atoms. The second-order valence-electron chi connectivity index (χ2n) is 6.87. The number of cyclic esters (lactones) is 1. The van der Waals surface area contributed by atoms with Gasteiger partial charge in [0.25, 0.3) is 5.69 Å². The van der Waals surface area contributed by atoms with E-state index in [1.807, 2.05) is 0 Å². The van der Waals surface area contributed by atoms with Crippen molar-refractivity contribution in [3.8, 4) is 5.75 Å². The zero-order valence-corrected chi connectivity index (χ0v) is 16.8. The van der Waals surface area contributed by atoms with Crippen LogP contribution in [0.4, 0.5) is 5.69 Å². The monoisotopic (exact) mass is 428 g/mol. The number of esters is 2. The van der Waals surface area contributed by atoms with E-state index in [4.69, 9.17) is 9.47 Å². The number of nitrogens with zero attached hydrogens (tertiary/aromatic N) is 2. The van der Waals surface area contributed by atoms with Gasteiger partial charge in [-0.3, -0.25) is 10.1 Å². The Balaban J connectivity index is 1.59. The molecule has 1 heterocycles. The highest BCUT2D eigenvalue weighted by Crippen LogP contribution is 2.26. The van der Waals surface area contributed by atoms with Gasteiger partial charge in [-0.25, -0.2) is 14.6 Å². The Bertz CT molecular complexity index is 1290. The molecule has 0 unspecified atom stereocenters. The van der Waals surface area contributed by atoms with E-state index < -0.39 is 16.9 Å². The first kappa shape index (κ1) is 20.7. The molecule has 8 heteroatoms. The van der Waals surface area contributed by atoms with Gasteiger partial charge in [-0.05, 0) is 48.9 Å². The van der Waals surface area contributed by atoms with Crippen molar-refractivity contribution in [3.05, 3.63) is 111 Å². The first-order chi connectivity index (χ1) is 15.4.